The Morgan fingerprint density at radius 1 is 1.12 bits per heavy atom. The number of hydrogen-bond acceptors (Lipinski definition) is 5. The zero-order valence-electron chi connectivity index (χ0n) is 20.5. The van der Waals surface area contributed by atoms with E-state index in [0.29, 0.717) is 12.1 Å². The number of anilines is 1. The summed E-state index contributed by atoms with van der Waals surface area (Å²) < 4.78 is 103. The zero-order valence-corrected chi connectivity index (χ0v) is 22.1. The van der Waals surface area contributed by atoms with Crippen LogP contribution in [0.3, 0.4) is 0 Å². The van der Waals surface area contributed by atoms with Gasteiger partial charge in [0.25, 0.3) is 15.9 Å². The van der Waals surface area contributed by atoms with Gasteiger partial charge in [-0.2, -0.15) is 18.3 Å². The summed E-state index contributed by atoms with van der Waals surface area (Å²) in [5.41, 5.74) is -1.12. The van der Waals surface area contributed by atoms with Gasteiger partial charge >= 0.3 is 6.18 Å². The third-order valence-corrected chi connectivity index (χ3v) is 8.34. The highest BCUT2D eigenvalue weighted by molar-refractivity contribution is 7.92. The Balaban J connectivity index is 1.57. The molecule has 1 aliphatic heterocycles. The molecule has 0 bridgehead atoms. The quantitative estimate of drug-likeness (QED) is 0.224. The lowest BCUT2D eigenvalue weighted by atomic mass is 10.0. The number of halogens is 6. The predicted molar refractivity (Wildman–Crippen MR) is 138 cm³/mol. The van der Waals surface area contributed by atoms with Gasteiger partial charge in [-0.05, 0) is 48.0 Å². The number of amides is 1. The van der Waals surface area contributed by atoms with Crippen molar-refractivity contribution in [1.29, 1.82) is 0 Å². The smallest absolute Gasteiger partial charge is 0.416 e. The van der Waals surface area contributed by atoms with Crippen molar-refractivity contribution >= 4 is 33.2 Å². The number of alkyl halides is 3. The highest BCUT2D eigenvalue weighted by Gasteiger charge is 2.37. The lowest BCUT2D eigenvalue weighted by Gasteiger charge is -2.36. The molecule has 0 saturated heterocycles. The van der Waals surface area contributed by atoms with Crippen LogP contribution in [0.25, 0.3) is 11.1 Å². The second kappa shape index (κ2) is 10.7. The summed E-state index contributed by atoms with van der Waals surface area (Å²) >= 11 is 6.04. The van der Waals surface area contributed by atoms with E-state index >= 15 is 0 Å². The van der Waals surface area contributed by atoms with Crippen LogP contribution in [0.15, 0.2) is 71.8 Å². The van der Waals surface area contributed by atoms with E-state index in [2.05, 4.69) is 15.5 Å². The number of carbonyl (C=O) groups is 1. The monoisotopic (exact) mass is 612 g/mol. The van der Waals surface area contributed by atoms with Gasteiger partial charge in [-0.1, -0.05) is 23.7 Å². The van der Waals surface area contributed by atoms with Crippen molar-refractivity contribution < 1.29 is 39.9 Å². The Bertz CT molecular complexity index is 1730. The van der Waals surface area contributed by atoms with Crippen LogP contribution in [0, 0.1) is 11.6 Å². The van der Waals surface area contributed by atoms with Crippen molar-refractivity contribution in [3.8, 4) is 16.9 Å². The average molecular weight is 613 g/mol. The van der Waals surface area contributed by atoms with Gasteiger partial charge in [-0.15, -0.1) is 0 Å². The lowest BCUT2D eigenvalue weighted by molar-refractivity contribution is -0.137. The maximum absolute atomic E-state index is 14.2. The predicted octanol–water partition coefficient (Wildman–Crippen LogP) is 5.41. The number of hydrogen-bond donors (Lipinski definition) is 2. The van der Waals surface area contributed by atoms with E-state index in [1.807, 2.05) is 0 Å². The molecule has 0 radical (unpaired) electrons. The highest BCUT2D eigenvalue weighted by Crippen LogP contribution is 2.42. The number of carbonyl (C=O) groups excluding carboxylic acids is 1. The van der Waals surface area contributed by atoms with Crippen LogP contribution in [0.5, 0.6) is 5.75 Å². The molecule has 8 nitrogen and oxygen atoms in total. The largest absolute Gasteiger partial charge is 0.484 e. The number of benzene rings is 3. The minimum atomic E-state index is -4.81. The summed E-state index contributed by atoms with van der Waals surface area (Å²) in [6.45, 7) is -0.613. The summed E-state index contributed by atoms with van der Waals surface area (Å²) in [4.78, 5) is 11.7. The van der Waals surface area contributed by atoms with E-state index in [0.717, 1.165) is 28.6 Å². The summed E-state index contributed by atoms with van der Waals surface area (Å²) in [7, 11) is -4.65. The van der Waals surface area contributed by atoms with Gasteiger partial charge in [0.1, 0.15) is 29.2 Å². The second-order valence-corrected chi connectivity index (χ2v) is 11.2. The molecule has 2 heterocycles. The van der Waals surface area contributed by atoms with Gasteiger partial charge in [0.15, 0.2) is 0 Å². The number of aromatic nitrogens is 2. The molecule has 1 atom stereocenters. The zero-order chi connectivity index (χ0) is 29.5. The standard InChI is InChI=1S/C26H18ClF5N4O4S/c27-24-19(10-16(28)11-20(24)29)14-4-5-23-22(8-14)36(13-17(40-23)12-33-25(37)21-6-7-34-35-21)41(38,39)18-3-1-2-15(9-18)26(30,31)32/h1-11,17H,12-13H2,(H,33,37)(H,34,35)/t17-/m0/s1. The van der Waals surface area contributed by atoms with Gasteiger partial charge in [0.05, 0.1) is 34.3 Å². The maximum atomic E-state index is 14.2. The fourth-order valence-electron chi connectivity index (χ4n) is 4.22. The van der Waals surface area contributed by atoms with Crippen molar-refractivity contribution in [3.63, 3.8) is 0 Å². The van der Waals surface area contributed by atoms with Crippen LogP contribution in [0.4, 0.5) is 27.6 Å². The first-order chi connectivity index (χ1) is 19.3. The molecule has 0 spiro atoms. The van der Waals surface area contributed by atoms with Crippen LogP contribution in [-0.4, -0.2) is 43.7 Å². The average Bonchev–Trinajstić information content (AvgIpc) is 3.48. The van der Waals surface area contributed by atoms with E-state index in [1.54, 1.807) is 0 Å². The summed E-state index contributed by atoms with van der Waals surface area (Å²) in [5.74, 6) is -2.54. The van der Waals surface area contributed by atoms with Crippen molar-refractivity contribution in [2.75, 3.05) is 17.4 Å². The molecule has 41 heavy (non-hydrogen) atoms. The number of rotatable bonds is 6. The Kier molecular flexibility index (Phi) is 7.38. The van der Waals surface area contributed by atoms with E-state index in [-0.39, 0.29) is 34.8 Å². The topological polar surface area (TPSA) is 104 Å². The normalized spacial score (nSPS) is 15.3. The fraction of sp³-hybridized carbons (Fsp3) is 0.154. The lowest BCUT2D eigenvalue weighted by Crippen LogP contribution is -2.48. The van der Waals surface area contributed by atoms with Crippen LogP contribution >= 0.6 is 11.6 Å². The number of fused-ring (bicyclic) bond motifs is 1. The maximum Gasteiger partial charge on any atom is 0.416 e. The first-order valence-electron chi connectivity index (χ1n) is 11.8. The molecule has 5 rings (SSSR count). The van der Waals surface area contributed by atoms with Gasteiger partial charge < -0.3 is 10.1 Å². The van der Waals surface area contributed by atoms with E-state index in [9.17, 15) is 35.2 Å². The Morgan fingerprint density at radius 2 is 1.90 bits per heavy atom. The van der Waals surface area contributed by atoms with E-state index in [1.165, 1.54) is 30.5 Å². The van der Waals surface area contributed by atoms with Crippen LogP contribution in [0.2, 0.25) is 5.02 Å². The minimum absolute atomic E-state index is 0.00987. The fourth-order valence-corrected chi connectivity index (χ4v) is 5.99. The van der Waals surface area contributed by atoms with Crippen LogP contribution in [-0.2, 0) is 16.2 Å². The van der Waals surface area contributed by atoms with Crippen molar-refractivity contribution in [2.24, 2.45) is 0 Å². The first kappa shape index (κ1) is 28.4. The SMILES string of the molecule is O=C(NC[C@H]1CN(S(=O)(=O)c2cccc(C(F)(F)F)c2)c2cc(-c3cc(F)cc(F)c3Cl)ccc2O1)c1ccn[nH]1. The van der Waals surface area contributed by atoms with Crippen molar-refractivity contribution in [1.82, 2.24) is 15.5 Å². The third kappa shape index (κ3) is 5.70. The molecule has 0 aliphatic carbocycles. The molecular weight excluding hydrogens is 595 g/mol. The number of nitrogens with one attached hydrogen (secondary N) is 2. The highest BCUT2D eigenvalue weighted by atomic mass is 35.5. The summed E-state index contributed by atoms with van der Waals surface area (Å²) in [6.07, 6.45) is -4.42. The molecule has 1 aliphatic rings. The number of nitrogens with zero attached hydrogens (tertiary/aromatic N) is 2. The van der Waals surface area contributed by atoms with Crippen LogP contribution < -0.4 is 14.4 Å². The first-order valence-corrected chi connectivity index (χ1v) is 13.6. The van der Waals surface area contributed by atoms with Crippen LogP contribution in [0.1, 0.15) is 16.1 Å². The molecule has 4 aromatic rings. The Hall–Kier alpha value is -4.17. The number of H-pyrrole nitrogens is 1. The molecule has 15 heteroatoms. The van der Waals surface area contributed by atoms with E-state index in [4.69, 9.17) is 16.3 Å². The van der Waals surface area contributed by atoms with Crippen molar-refractivity contribution in [3.05, 3.63) is 94.8 Å². The Morgan fingerprint density at radius 3 is 2.61 bits per heavy atom. The molecule has 2 N–H and O–H groups in total. The number of sulfonamides is 1. The number of ether oxygens (including phenoxy) is 1. The second-order valence-electron chi connectivity index (χ2n) is 8.91. The molecule has 214 valence electrons. The molecule has 3 aromatic carbocycles. The summed E-state index contributed by atoms with van der Waals surface area (Å²) in [5, 5.41) is 8.32. The molecule has 0 fully saturated rings. The van der Waals surface area contributed by atoms with Crippen molar-refractivity contribution in [2.45, 2.75) is 17.2 Å². The molecule has 1 aromatic heterocycles. The third-order valence-electron chi connectivity index (χ3n) is 6.18. The molecular formula is C26H18ClF5N4O4S. The van der Waals surface area contributed by atoms with Gasteiger partial charge in [-0.25, -0.2) is 17.2 Å². The molecule has 0 unspecified atom stereocenters. The Labute approximate surface area is 234 Å². The molecule has 1 amide bonds. The van der Waals surface area contributed by atoms with Gasteiger partial charge in [0, 0.05) is 17.8 Å². The summed E-state index contributed by atoms with van der Waals surface area (Å²) in [6, 6.07) is 10.1. The minimum Gasteiger partial charge on any atom is -0.484 e. The van der Waals surface area contributed by atoms with Gasteiger partial charge in [0.2, 0.25) is 0 Å². The molecule has 0 saturated carbocycles. The van der Waals surface area contributed by atoms with Gasteiger partial charge in [-0.3, -0.25) is 14.2 Å². The van der Waals surface area contributed by atoms with E-state index < -0.39 is 61.9 Å². The number of aromatic amines is 1.